The van der Waals surface area contributed by atoms with Crippen molar-refractivity contribution in [3.05, 3.63) is 60.8 Å². The Balaban J connectivity index is 1.86. The molecule has 0 aromatic carbocycles. The molecule has 7 unspecified atom stereocenters. The molecule has 11 nitrogen and oxygen atoms in total. The second kappa shape index (κ2) is 74.5. The predicted molar refractivity (Wildman–Crippen MR) is 412 cm³/mol. The maximum atomic E-state index is 13.1. The molecule has 11 heteroatoms. The number of allylic oxidation sites excluding steroid dienone is 9. The first-order chi connectivity index (χ1) is 47.7. The zero-order valence-electron chi connectivity index (χ0n) is 63.6. The molecule has 0 aromatic rings. The van der Waals surface area contributed by atoms with Gasteiger partial charge in [-0.25, -0.2) is 0 Å². The number of unbranched alkanes of at least 4 members (excludes halogenated alkanes) is 53. The molecule has 1 aliphatic heterocycles. The van der Waals surface area contributed by atoms with Crippen LogP contribution in [0.1, 0.15) is 412 Å². The van der Waals surface area contributed by atoms with E-state index in [1.54, 1.807) is 6.08 Å². The van der Waals surface area contributed by atoms with E-state index in [4.69, 9.17) is 14.2 Å². The third-order valence-electron chi connectivity index (χ3n) is 19.8. The molecule has 1 aliphatic rings. The number of carbonyl (C=O) groups excluding carboxylic acids is 2. The number of hydrogen-bond acceptors (Lipinski definition) is 10. The topological polar surface area (TPSA) is 175 Å². The number of esters is 1. The highest BCUT2D eigenvalue weighted by molar-refractivity contribution is 5.76. The molecule has 0 aliphatic carbocycles. The molecule has 1 heterocycles. The van der Waals surface area contributed by atoms with E-state index in [1.165, 1.54) is 308 Å². The maximum Gasteiger partial charge on any atom is 0.305 e. The van der Waals surface area contributed by atoms with E-state index >= 15 is 0 Å². The summed E-state index contributed by atoms with van der Waals surface area (Å²) in [7, 11) is 0. The van der Waals surface area contributed by atoms with Gasteiger partial charge >= 0.3 is 5.97 Å². The summed E-state index contributed by atoms with van der Waals surface area (Å²) in [6.07, 6.45) is 91.5. The van der Waals surface area contributed by atoms with Crippen molar-refractivity contribution in [3.63, 3.8) is 0 Å². The van der Waals surface area contributed by atoms with Gasteiger partial charge in [0.2, 0.25) is 5.91 Å². The number of aliphatic hydroxyl groups is 5. The summed E-state index contributed by atoms with van der Waals surface area (Å²) in [6.45, 7) is 4.30. The van der Waals surface area contributed by atoms with Crippen LogP contribution >= 0.6 is 0 Å². The number of ether oxygens (including phenoxy) is 3. The molecule has 1 amide bonds. The van der Waals surface area contributed by atoms with Gasteiger partial charge in [-0.15, -0.1) is 0 Å². The Morgan fingerprint density at radius 1 is 0.381 bits per heavy atom. The van der Waals surface area contributed by atoms with Crippen LogP contribution in [0.2, 0.25) is 0 Å². The number of aliphatic hydroxyl groups excluding tert-OH is 5. The smallest absolute Gasteiger partial charge is 0.305 e. The van der Waals surface area contributed by atoms with Gasteiger partial charge in [-0.3, -0.25) is 9.59 Å². The van der Waals surface area contributed by atoms with Crippen molar-refractivity contribution in [1.82, 2.24) is 5.32 Å². The molecule has 0 bridgehead atoms. The van der Waals surface area contributed by atoms with E-state index in [-0.39, 0.29) is 18.5 Å². The lowest BCUT2D eigenvalue weighted by atomic mass is 9.99. The standard InChI is InChI=1S/C86H159NO10/c1-3-5-7-9-11-13-15-16-17-18-40-44-47-50-54-58-62-66-70-74-82(91)95-75-71-67-63-59-55-51-48-45-42-39-37-35-33-31-29-27-25-23-21-19-20-22-24-26-28-30-32-34-36-38-41-43-46-49-53-57-61-65-69-73-81(90)87-78(77-96-86-85(94)84(93)83(92)80(76-88)97-86)79(89)72-68-64-60-56-52-14-12-10-8-6-4-2/h8,10,19-20,23,25,52,56,68,72,78-80,83-86,88-89,92-94H,3-7,9,11-18,21-22,24,26-51,53-55,57-67,69-71,73-77H2,1-2H3,(H,87,90)/b10-8+,20-19-,25-23-,56-52+,72-68+. The van der Waals surface area contributed by atoms with Crippen LogP contribution in [-0.2, 0) is 23.8 Å². The van der Waals surface area contributed by atoms with E-state index < -0.39 is 49.5 Å². The first kappa shape index (κ1) is 92.4. The fourth-order valence-electron chi connectivity index (χ4n) is 13.3. The van der Waals surface area contributed by atoms with Gasteiger partial charge in [0.15, 0.2) is 6.29 Å². The minimum absolute atomic E-state index is 0.0196. The van der Waals surface area contributed by atoms with Crippen molar-refractivity contribution in [2.75, 3.05) is 19.8 Å². The van der Waals surface area contributed by atoms with Gasteiger partial charge in [-0.05, 0) is 83.5 Å². The molecular weight excluding hydrogens is 1210 g/mol. The van der Waals surface area contributed by atoms with Crippen LogP contribution in [0, 0.1) is 0 Å². The van der Waals surface area contributed by atoms with Crippen LogP contribution in [0.4, 0.5) is 0 Å². The van der Waals surface area contributed by atoms with Crippen molar-refractivity contribution in [1.29, 1.82) is 0 Å². The molecule has 7 atom stereocenters. The van der Waals surface area contributed by atoms with Gasteiger partial charge < -0.3 is 45.1 Å². The molecule has 0 aromatic heterocycles. The maximum absolute atomic E-state index is 13.1. The van der Waals surface area contributed by atoms with Crippen LogP contribution < -0.4 is 5.32 Å². The van der Waals surface area contributed by atoms with Crippen LogP contribution in [0.3, 0.4) is 0 Å². The Hall–Kier alpha value is -2.64. The summed E-state index contributed by atoms with van der Waals surface area (Å²) in [4.78, 5) is 25.2. The van der Waals surface area contributed by atoms with E-state index in [9.17, 15) is 35.1 Å². The van der Waals surface area contributed by atoms with Gasteiger partial charge in [0.25, 0.3) is 0 Å². The molecule has 0 saturated carbocycles. The Morgan fingerprint density at radius 3 is 1.11 bits per heavy atom. The minimum Gasteiger partial charge on any atom is -0.466 e. The summed E-state index contributed by atoms with van der Waals surface area (Å²) in [5.41, 5.74) is 0. The van der Waals surface area contributed by atoms with Crippen molar-refractivity contribution in [3.8, 4) is 0 Å². The van der Waals surface area contributed by atoms with Crippen molar-refractivity contribution in [2.45, 2.75) is 455 Å². The number of rotatable bonds is 75. The molecule has 0 spiro atoms. The molecule has 568 valence electrons. The van der Waals surface area contributed by atoms with Crippen LogP contribution in [-0.4, -0.2) is 100 Å². The van der Waals surface area contributed by atoms with Crippen molar-refractivity contribution >= 4 is 11.9 Å². The largest absolute Gasteiger partial charge is 0.466 e. The van der Waals surface area contributed by atoms with E-state index in [1.807, 2.05) is 6.08 Å². The summed E-state index contributed by atoms with van der Waals surface area (Å²) >= 11 is 0. The zero-order chi connectivity index (χ0) is 70.1. The molecule has 6 N–H and O–H groups in total. The Bertz CT molecular complexity index is 1800. The average Bonchev–Trinajstić information content (AvgIpc) is 0.869. The van der Waals surface area contributed by atoms with Crippen LogP contribution in [0.5, 0.6) is 0 Å². The molecule has 97 heavy (non-hydrogen) atoms. The summed E-state index contributed by atoms with van der Waals surface area (Å²) < 4.78 is 16.8. The third-order valence-corrected chi connectivity index (χ3v) is 19.8. The average molecular weight is 1370 g/mol. The molecule has 0 radical (unpaired) electrons. The Morgan fingerprint density at radius 2 is 0.722 bits per heavy atom. The lowest BCUT2D eigenvalue weighted by Gasteiger charge is -2.40. The highest BCUT2D eigenvalue weighted by Crippen LogP contribution is 2.24. The van der Waals surface area contributed by atoms with Gasteiger partial charge in [-0.1, -0.05) is 376 Å². The van der Waals surface area contributed by atoms with Crippen LogP contribution in [0.15, 0.2) is 60.8 Å². The lowest BCUT2D eigenvalue weighted by Crippen LogP contribution is -2.60. The molecular formula is C86H159NO10. The van der Waals surface area contributed by atoms with E-state index in [2.05, 4.69) is 67.8 Å². The minimum atomic E-state index is -1.58. The first-order valence-corrected chi connectivity index (χ1v) is 42.1. The fourth-order valence-corrected chi connectivity index (χ4v) is 13.3. The van der Waals surface area contributed by atoms with E-state index in [0.29, 0.717) is 19.4 Å². The normalized spacial score (nSPS) is 17.5. The molecule has 1 rings (SSSR count). The fraction of sp³-hybridized carbons (Fsp3) is 0.860. The van der Waals surface area contributed by atoms with Gasteiger partial charge in [0, 0.05) is 12.8 Å². The Kier molecular flexibility index (Phi) is 71.0. The number of hydrogen-bond donors (Lipinski definition) is 6. The number of nitrogens with one attached hydrogen (secondary N) is 1. The number of carbonyl (C=O) groups is 2. The second-order valence-electron chi connectivity index (χ2n) is 29.2. The lowest BCUT2D eigenvalue weighted by molar-refractivity contribution is -0.302. The zero-order valence-corrected chi connectivity index (χ0v) is 63.6. The Labute approximate surface area is 598 Å². The summed E-state index contributed by atoms with van der Waals surface area (Å²) in [5, 5.41) is 54.4. The highest BCUT2D eigenvalue weighted by Gasteiger charge is 2.44. The van der Waals surface area contributed by atoms with Crippen molar-refractivity contribution < 1.29 is 49.3 Å². The van der Waals surface area contributed by atoms with Gasteiger partial charge in [-0.2, -0.15) is 0 Å². The van der Waals surface area contributed by atoms with Gasteiger partial charge in [0.1, 0.15) is 24.4 Å². The van der Waals surface area contributed by atoms with E-state index in [0.717, 1.165) is 77.0 Å². The molecule has 1 fully saturated rings. The van der Waals surface area contributed by atoms with Crippen LogP contribution in [0.25, 0.3) is 0 Å². The van der Waals surface area contributed by atoms with Crippen molar-refractivity contribution in [2.24, 2.45) is 0 Å². The SMILES string of the molecule is CCC/C=C/CC/C=C/CC/C=C/C(O)C(COC1OC(CO)C(O)C(O)C1O)NC(=O)CCCCCCCCCCCCCCCCCCC/C=C\C/C=C\CCCCCCCCCCCCCCCCCOC(=O)CCCCCCCCCCCCCCCCCCCCC. The third kappa shape index (κ3) is 62.8. The molecule has 1 saturated heterocycles. The summed E-state index contributed by atoms with van der Waals surface area (Å²) in [5.74, 6) is -0.174. The predicted octanol–water partition coefficient (Wildman–Crippen LogP) is 23.2. The monoisotopic (exact) mass is 1370 g/mol. The first-order valence-electron chi connectivity index (χ1n) is 42.1. The second-order valence-corrected chi connectivity index (χ2v) is 29.2. The van der Waals surface area contributed by atoms with Gasteiger partial charge in [0.05, 0.1) is 32.0 Å². The summed E-state index contributed by atoms with van der Waals surface area (Å²) in [6, 6.07) is -0.833. The quantitative estimate of drug-likeness (QED) is 0.0195. The highest BCUT2D eigenvalue weighted by atomic mass is 16.7. The number of amides is 1.